The molecule has 1 atom stereocenters. The number of nitro benzene ring substituents is 1. The number of carbonyl (C=O) groups is 1. The third kappa shape index (κ3) is 6.65. The summed E-state index contributed by atoms with van der Waals surface area (Å²) in [6, 6.07) is 15.1. The number of hydrogen-bond donors (Lipinski definition) is 0. The molecule has 0 N–H and O–H groups in total. The van der Waals surface area contributed by atoms with Crippen LogP contribution in [0.3, 0.4) is 0 Å². The van der Waals surface area contributed by atoms with Gasteiger partial charge in [0.1, 0.15) is 24.2 Å². The van der Waals surface area contributed by atoms with Gasteiger partial charge in [0.2, 0.25) is 5.75 Å². The van der Waals surface area contributed by atoms with Crippen LogP contribution in [0.4, 0.5) is 10.1 Å². The van der Waals surface area contributed by atoms with Crippen LogP contribution in [0.5, 0.6) is 11.5 Å². The first-order valence-electron chi connectivity index (χ1n) is 14.3. The maximum atomic E-state index is 14.1. The molecule has 0 bridgehead atoms. The van der Waals surface area contributed by atoms with Crippen LogP contribution in [0, 0.1) is 15.9 Å². The molecule has 10 nitrogen and oxygen atoms in total. The molecular formula is C33H29BrFN3O7S. The number of halogens is 2. The second kappa shape index (κ2) is 13.8. The van der Waals surface area contributed by atoms with E-state index in [-0.39, 0.29) is 50.9 Å². The average Bonchev–Trinajstić information content (AvgIpc) is 3.30. The summed E-state index contributed by atoms with van der Waals surface area (Å²) in [5.41, 5.74) is 0.922. The standard InChI is InChI=1S/C33H29BrFN3O7S/c1-5-43-32(40)28-19(4)36-33-37(29(28)22-11-7-9-13-26(22)45-18(2)3)31(39)27(46-33)16-20-14-23(34)30(25(15-20)38(41)42)44-17-21-10-6-8-12-24(21)35/h6-16,18,29H,5,17H2,1-4H3/b27-16-/t29-/m1/s1. The van der Waals surface area contributed by atoms with Crippen LogP contribution in [0.1, 0.15) is 50.4 Å². The second-order valence-corrected chi connectivity index (χ2v) is 12.4. The fraction of sp³-hybridized carbons (Fsp3) is 0.242. The Morgan fingerprint density at radius 3 is 2.61 bits per heavy atom. The number of hydrogen-bond acceptors (Lipinski definition) is 9. The molecule has 0 saturated carbocycles. The number of aromatic nitrogens is 1. The van der Waals surface area contributed by atoms with Crippen molar-refractivity contribution in [1.82, 2.24) is 4.57 Å². The highest BCUT2D eigenvalue weighted by Crippen LogP contribution is 2.38. The molecule has 0 amide bonds. The molecule has 0 radical (unpaired) electrons. The molecule has 13 heteroatoms. The van der Waals surface area contributed by atoms with Crippen LogP contribution in [-0.2, 0) is 16.1 Å². The van der Waals surface area contributed by atoms with E-state index in [1.54, 1.807) is 50.2 Å². The zero-order chi connectivity index (χ0) is 33.1. The Morgan fingerprint density at radius 2 is 1.91 bits per heavy atom. The number of carbonyl (C=O) groups excluding carboxylic acids is 1. The number of nitro groups is 1. The van der Waals surface area contributed by atoms with Crippen molar-refractivity contribution in [2.75, 3.05) is 6.61 Å². The van der Waals surface area contributed by atoms with Crippen LogP contribution in [0.2, 0.25) is 0 Å². The van der Waals surface area contributed by atoms with Gasteiger partial charge in [-0.25, -0.2) is 14.2 Å². The number of allylic oxidation sites excluding steroid dienone is 1. The fourth-order valence-corrected chi connectivity index (χ4v) is 6.66. The lowest BCUT2D eigenvalue weighted by molar-refractivity contribution is -0.386. The van der Waals surface area contributed by atoms with Gasteiger partial charge in [-0.1, -0.05) is 47.7 Å². The number of thiazole rings is 1. The molecule has 5 rings (SSSR count). The van der Waals surface area contributed by atoms with Crippen LogP contribution in [-0.4, -0.2) is 28.2 Å². The monoisotopic (exact) mass is 709 g/mol. The zero-order valence-electron chi connectivity index (χ0n) is 25.3. The van der Waals surface area contributed by atoms with E-state index in [1.807, 2.05) is 13.8 Å². The lowest BCUT2D eigenvalue weighted by Gasteiger charge is -2.26. The predicted octanol–water partition coefficient (Wildman–Crippen LogP) is 5.97. The molecule has 1 aliphatic rings. The smallest absolute Gasteiger partial charge is 0.338 e. The van der Waals surface area contributed by atoms with Crippen LogP contribution >= 0.6 is 27.3 Å². The van der Waals surface area contributed by atoms with Crippen LogP contribution in [0.25, 0.3) is 6.08 Å². The van der Waals surface area contributed by atoms with Gasteiger partial charge in [0.15, 0.2) is 4.80 Å². The quantitative estimate of drug-likeness (QED) is 0.113. The Kier molecular flexibility index (Phi) is 9.82. The van der Waals surface area contributed by atoms with Crippen molar-refractivity contribution < 1.29 is 28.3 Å². The SMILES string of the molecule is CCOC(=O)C1=C(C)N=c2s/c(=C\c3cc(Br)c(OCc4ccccc4F)c([N+](=O)[O-])c3)c(=O)n2[C@@H]1c1ccccc1OC(C)C. The third-order valence-corrected chi connectivity index (χ3v) is 8.54. The number of fused-ring (bicyclic) bond motifs is 1. The van der Waals surface area contributed by atoms with Crippen LogP contribution in [0.15, 0.2) is 86.2 Å². The minimum atomic E-state index is -0.900. The minimum absolute atomic E-state index is 0.0803. The van der Waals surface area contributed by atoms with Crippen molar-refractivity contribution >= 4 is 45.0 Å². The van der Waals surface area contributed by atoms with Crippen molar-refractivity contribution in [3.8, 4) is 11.5 Å². The van der Waals surface area contributed by atoms with Crippen molar-refractivity contribution in [3.63, 3.8) is 0 Å². The number of esters is 1. The highest BCUT2D eigenvalue weighted by molar-refractivity contribution is 9.10. The average molecular weight is 711 g/mol. The molecule has 0 unspecified atom stereocenters. The molecular weight excluding hydrogens is 681 g/mol. The van der Waals surface area contributed by atoms with Gasteiger partial charge in [-0.05, 0) is 73.5 Å². The van der Waals surface area contributed by atoms with Gasteiger partial charge in [-0.15, -0.1) is 0 Å². The first kappa shape index (κ1) is 32.8. The molecule has 2 heterocycles. The molecule has 0 aliphatic carbocycles. The van der Waals surface area contributed by atoms with E-state index in [9.17, 15) is 24.1 Å². The van der Waals surface area contributed by atoms with Gasteiger partial charge in [0.25, 0.3) is 5.56 Å². The minimum Gasteiger partial charge on any atom is -0.491 e. The molecule has 0 saturated heterocycles. The van der Waals surface area contributed by atoms with E-state index in [0.717, 1.165) is 11.3 Å². The number of rotatable bonds is 10. The lowest BCUT2D eigenvalue weighted by atomic mass is 9.95. The topological polar surface area (TPSA) is 122 Å². The number of para-hydroxylation sites is 1. The van der Waals surface area contributed by atoms with E-state index >= 15 is 0 Å². The van der Waals surface area contributed by atoms with E-state index in [1.165, 1.54) is 34.9 Å². The van der Waals surface area contributed by atoms with Crippen molar-refractivity contribution in [1.29, 1.82) is 0 Å². The summed E-state index contributed by atoms with van der Waals surface area (Å²) in [6.07, 6.45) is 1.33. The summed E-state index contributed by atoms with van der Waals surface area (Å²) in [4.78, 5) is 43.7. The van der Waals surface area contributed by atoms with Gasteiger partial charge >= 0.3 is 11.7 Å². The first-order chi connectivity index (χ1) is 22.0. The van der Waals surface area contributed by atoms with E-state index in [4.69, 9.17) is 14.2 Å². The van der Waals surface area contributed by atoms with Crippen molar-refractivity contribution in [2.45, 2.75) is 46.4 Å². The molecule has 4 aromatic rings. The summed E-state index contributed by atoms with van der Waals surface area (Å²) >= 11 is 4.43. The third-order valence-electron chi connectivity index (χ3n) is 6.96. The zero-order valence-corrected chi connectivity index (χ0v) is 27.7. The highest BCUT2D eigenvalue weighted by Gasteiger charge is 2.35. The van der Waals surface area contributed by atoms with E-state index in [0.29, 0.717) is 27.4 Å². The van der Waals surface area contributed by atoms with Crippen LogP contribution < -0.4 is 24.4 Å². The Balaban J connectivity index is 1.64. The Hall–Kier alpha value is -4.62. The highest BCUT2D eigenvalue weighted by atomic mass is 79.9. The predicted molar refractivity (Wildman–Crippen MR) is 174 cm³/mol. The fourth-order valence-electron chi connectivity index (χ4n) is 5.03. The number of nitrogens with zero attached hydrogens (tertiary/aromatic N) is 3. The normalized spacial score (nSPS) is 14.6. The van der Waals surface area contributed by atoms with Gasteiger partial charge < -0.3 is 14.2 Å². The maximum Gasteiger partial charge on any atom is 0.338 e. The molecule has 46 heavy (non-hydrogen) atoms. The lowest BCUT2D eigenvalue weighted by Crippen LogP contribution is -2.40. The summed E-state index contributed by atoms with van der Waals surface area (Å²) < 4.78 is 33.2. The van der Waals surface area contributed by atoms with Crippen molar-refractivity contribution in [3.05, 3.63) is 129 Å². The summed E-state index contributed by atoms with van der Waals surface area (Å²) in [5, 5.41) is 12.1. The molecule has 1 aromatic heterocycles. The first-order valence-corrected chi connectivity index (χ1v) is 15.9. The second-order valence-electron chi connectivity index (χ2n) is 10.5. The molecule has 0 spiro atoms. The van der Waals surface area contributed by atoms with Gasteiger partial charge in [-0.3, -0.25) is 19.5 Å². The molecule has 238 valence electrons. The van der Waals surface area contributed by atoms with E-state index in [2.05, 4.69) is 20.9 Å². The summed E-state index contributed by atoms with van der Waals surface area (Å²) in [6.45, 7) is 7.04. The summed E-state index contributed by atoms with van der Waals surface area (Å²) in [5.74, 6) is -0.679. The molecule has 0 fully saturated rings. The van der Waals surface area contributed by atoms with Gasteiger partial charge in [0, 0.05) is 17.2 Å². The summed E-state index contributed by atoms with van der Waals surface area (Å²) in [7, 11) is 0. The Labute approximate surface area is 275 Å². The van der Waals surface area contributed by atoms with Gasteiger partial charge in [0.05, 0.1) is 37.9 Å². The number of benzene rings is 3. The number of ether oxygens (including phenoxy) is 3. The molecule has 1 aliphatic heterocycles. The van der Waals surface area contributed by atoms with Gasteiger partial charge in [-0.2, -0.15) is 0 Å². The molecule has 3 aromatic carbocycles. The van der Waals surface area contributed by atoms with Crippen molar-refractivity contribution in [2.24, 2.45) is 4.99 Å². The van der Waals surface area contributed by atoms with E-state index < -0.39 is 28.3 Å². The Morgan fingerprint density at radius 1 is 1.20 bits per heavy atom. The Bertz CT molecular complexity index is 2050. The largest absolute Gasteiger partial charge is 0.491 e. The maximum absolute atomic E-state index is 14.1.